The SMILES string of the molecule is CC[C@H](C(=O)N[C@@H](C)CC)N(Cc1ccc(Cl)cc1Cl)C(=O)CN(c1ccc(C)cc1C)S(C)(=O)=O. The number of hydrogen-bond acceptors (Lipinski definition) is 4. The first-order valence-electron chi connectivity index (χ1n) is 11.9. The van der Waals surface area contributed by atoms with Gasteiger partial charge < -0.3 is 10.2 Å². The molecular weight excluding hydrogens is 521 g/mol. The van der Waals surface area contributed by atoms with Crippen molar-refractivity contribution in [3.8, 4) is 0 Å². The Hall–Kier alpha value is -2.29. The second-order valence-electron chi connectivity index (χ2n) is 9.06. The summed E-state index contributed by atoms with van der Waals surface area (Å²) in [5.74, 6) is -0.819. The van der Waals surface area contributed by atoms with E-state index in [1.165, 1.54) is 4.90 Å². The quantitative estimate of drug-likeness (QED) is 0.418. The molecule has 0 heterocycles. The zero-order chi connectivity index (χ0) is 27.2. The van der Waals surface area contributed by atoms with Crippen molar-refractivity contribution in [3.05, 3.63) is 63.1 Å². The Bertz CT molecular complexity index is 1200. The van der Waals surface area contributed by atoms with E-state index in [-0.39, 0.29) is 18.5 Å². The predicted octanol–water partition coefficient (Wildman–Crippen LogP) is 5.10. The van der Waals surface area contributed by atoms with E-state index in [0.29, 0.717) is 27.7 Å². The van der Waals surface area contributed by atoms with Crippen molar-refractivity contribution in [1.82, 2.24) is 10.2 Å². The fourth-order valence-electron chi connectivity index (χ4n) is 3.87. The summed E-state index contributed by atoms with van der Waals surface area (Å²) in [6.45, 7) is 8.92. The van der Waals surface area contributed by atoms with Gasteiger partial charge in [-0.3, -0.25) is 13.9 Å². The Balaban J connectivity index is 2.51. The van der Waals surface area contributed by atoms with Crippen molar-refractivity contribution < 1.29 is 18.0 Å². The van der Waals surface area contributed by atoms with Gasteiger partial charge in [0, 0.05) is 22.6 Å². The number of sulfonamides is 1. The molecule has 0 aromatic heterocycles. The Morgan fingerprint density at radius 3 is 2.22 bits per heavy atom. The van der Waals surface area contributed by atoms with Gasteiger partial charge in [0.05, 0.1) is 11.9 Å². The van der Waals surface area contributed by atoms with Gasteiger partial charge in [0.15, 0.2) is 0 Å². The molecule has 10 heteroatoms. The standard InChI is InChI=1S/C26H35Cl2N3O4S/c1-7-19(5)29-26(33)23(8-2)30(15-20-10-11-21(27)14-22(20)28)25(32)16-31(36(6,34)35)24-12-9-17(3)13-18(24)4/h9-14,19,23H,7-8,15-16H2,1-6H3,(H,29,33)/t19-,23+/m0/s1. The largest absolute Gasteiger partial charge is 0.352 e. The van der Waals surface area contributed by atoms with Gasteiger partial charge in [-0.15, -0.1) is 0 Å². The van der Waals surface area contributed by atoms with Crippen LogP contribution in [0.4, 0.5) is 5.69 Å². The van der Waals surface area contributed by atoms with E-state index < -0.39 is 28.5 Å². The first kappa shape index (κ1) is 29.9. The average Bonchev–Trinajstić information content (AvgIpc) is 2.78. The third kappa shape index (κ3) is 7.85. The molecule has 0 saturated heterocycles. The number of hydrogen-bond donors (Lipinski definition) is 1. The smallest absolute Gasteiger partial charge is 0.244 e. The van der Waals surface area contributed by atoms with Crippen LogP contribution in [0, 0.1) is 13.8 Å². The first-order chi connectivity index (χ1) is 16.8. The summed E-state index contributed by atoms with van der Waals surface area (Å²) in [6, 6.07) is 9.37. The molecular formula is C26H35Cl2N3O4S. The molecule has 198 valence electrons. The van der Waals surface area contributed by atoms with Crippen molar-refractivity contribution in [2.75, 3.05) is 17.1 Å². The number of anilines is 1. The van der Waals surface area contributed by atoms with E-state index in [9.17, 15) is 18.0 Å². The first-order valence-corrected chi connectivity index (χ1v) is 14.5. The lowest BCUT2D eigenvalue weighted by Gasteiger charge is -2.34. The molecule has 2 rings (SSSR count). The zero-order valence-corrected chi connectivity index (χ0v) is 24.0. The van der Waals surface area contributed by atoms with E-state index in [2.05, 4.69) is 5.32 Å². The van der Waals surface area contributed by atoms with Crippen LogP contribution in [-0.2, 0) is 26.2 Å². The van der Waals surface area contributed by atoms with E-state index in [1.54, 1.807) is 37.3 Å². The maximum absolute atomic E-state index is 13.8. The van der Waals surface area contributed by atoms with Crippen LogP contribution in [0.15, 0.2) is 36.4 Å². The molecule has 0 aliphatic rings. The summed E-state index contributed by atoms with van der Waals surface area (Å²) in [5, 5.41) is 3.74. The lowest BCUT2D eigenvalue weighted by Crippen LogP contribution is -2.53. The summed E-state index contributed by atoms with van der Waals surface area (Å²) in [5.41, 5.74) is 2.71. The molecule has 0 aliphatic heterocycles. The Morgan fingerprint density at radius 1 is 1.03 bits per heavy atom. The van der Waals surface area contributed by atoms with Crippen LogP contribution in [0.25, 0.3) is 0 Å². The molecule has 36 heavy (non-hydrogen) atoms. The van der Waals surface area contributed by atoms with E-state index >= 15 is 0 Å². The van der Waals surface area contributed by atoms with Crippen LogP contribution < -0.4 is 9.62 Å². The van der Waals surface area contributed by atoms with Crippen molar-refractivity contribution >= 4 is 50.7 Å². The fourth-order valence-corrected chi connectivity index (χ4v) is 5.25. The second-order valence-corrected chi connectivity index (χ2v) is 11.8. The number of aryl methyl sites for hydroxylation is 2. The van der Waals surface area contributed by atoms with Gasteiger partial charge >= 0.3 is 0 Å². The molecule has 2 atom stereocenters. The van der Waals surface area contributed by atoms with Gasteiger partial charge in [-0.2, -0.15) is 0 Å². The monoisotopic (exact) mass is 555 g/mol. The number of nitrogens with one attached hydrogen (secondary N) is 1. The van der Waals surface area contributed by atoms with Gasteiger partial charge in [-0.1, -0.05) is 60.8 Å². The third-order valence-electron chi connectivity index (χ3n) is 6.04. The van der Waals surface area contributed by atoms with Crippen molar-refractivity contribution in [1.29, 1.82) is 0 Å². The molecule has 0 spiro atoms. The van der Waals surface area contributed by atoms with Gasteiger partial charge in [-0.25, -0.2) is 8.42 Å². The van der Waals surface area contributed by atoms with Crippen molar-refractivity contribution in [2.45, 2.75) is 66.1 Å². The number of carbonyl (C=O) groups excluding carboxylic acids is 2. The van der Waals surface area contributed by atoms with Crippen molar-refractivity contribution in [3.63, 3.8) is 0 Å². The summed E-state index contributed by atoms with van der Waals surface area (Å²) in [7, 11) is -3.80. The molecule has 2 aromatic carbocycles. The zero-order valence-electron chi connectivity index (χ0n) is 21.6. The van der Waals surface area contributed by atoms with E-state index in [1.807, 2.05) is 33.8 Å². The normalized spacial score (nSPS) is 13.1. The van der Waals surface area contributed by atoms with Crippen LogP contribution >= 0.6 is 23.2 Å². The number of carbonyl (C=O) groups is 2. The number of halogens is 2. The highest BCUT2D eigenvalue weighted by Gasteiger charge is 2.32. The fraction of sp³-hybridized carbons (Fsp3) is 0.462. The second kappa shape index (κ2) is 12.8. The predicted molar refractivity (Wildman–Crippen MR) is 147 cm³/mol. The summed E-state index contributed by atoms with van der Waals surface area (Å²) in [6.07, 6.45) is 2.13. The molecule has 0 unspecified atom stereocenters. The number of nitrogens with zero attached hydrogens (tertiary/aromatic N) is 2. The molecule has 1 N–H and O–H groups in total. The van der Waals surface area contributed by atoms with Crippen LogP contribution in [0.5, 0.6) is 0 Å². The Morgan fingerprint density at radius 2 is 1.69 bits per heavy atom. The maximum atomic E-state index is 13.8. The van der Waals surface area contributed by atoms with Crippen LogP contribution in [0.3, 0.4) is 0 Å². The molecule has 0 radical (unpaired) electrons. The molecule has 2 amide bonds. The molecule has 7 nitrogen and oxygen atoms in total. The van der Waals surface area contributed by atoms with E-state index in [0.717, 1.165) is 28.1 Å². The van der Waals surface area contributed by atoms with Gasteiger partial charge in [0.1, 0.15) is 12.6 Å². The lowest BCUT2D eigenvalue weighted by atomic mass is 10.1. The average molecular weight is 557 g/mol. The highest BCUT2D eigenvalue weighted by molar-refractivity contribution is 7.92. The molecule has 2 aromatic rings. The van der Waals surface area contributed by atoms with Gasteiger partial charge in [0.25, 0.3) is 0 Å². The molecule has 0 saturated carbocycles. The molecule has 0 fully saturated rings. The minimum absolute atomic E-state index is 0.0196. The van der Waals surface area contributed by atoms with Crippen LogP contribution in [0.1, 0.15) is 50.3 Å². The topological polar surface area (TPSA) is 86.8 Å². The third-order valence-corrected chi connectivity index (χ3v) is 7.76. The lowest BCUT2D eigenvalue weighted by molar-refractivity contribution is -0.140. The van der Waals surface area contributed by atoms with Crippen LogP contribution in [-0.4, -0.2) is 50.0 Å². The Kier molecular flexibility index (Phi) is 10.6. The minimum atomic E-state index is -3.80. The van der Waals surface area contributed by atoms with Gasteiger partial charge in [0.2, 0.25) is 21.8 Å². The Labute approximate surface area is 224 Å². The highest BCUT2D eigenvalue weighted by Crippen LogP contribution is 2.26. The summed E-state index contributed by atoms with van der Waals surface area (Å²) < 4.78 is 26.6. The number of amides is 2. The number of benzene rings is 2. The van der Waals surface area contributed by atoms with Crippen LogP contribution in [0.2, 0.25) is 10.0 Å². The molecule has 0 aliphatic carbocycles. The van der Waals surface area contributed by atoms with Gasteiger partial charge in [-0.05, 0) is 62.9 Å². The minimum Gasteiger partial charge on any atom is -0.352 e. The number of rotatable bonds is 11. The summed E-state index contributed by atoms with van der Waals surface area (Å²) in [4.78, 5) is 28.3. The summed E-state index contributed by atoms with van der Waals surface area (Å²) >= 11 is 12.4. The van der Waals surface area contributed by atoms with Crippen molar-refractivity contribution in [2.24, 2.45) is 0 Å². The maximum Gasteiger partial charge on any atom is 0.244 e. The van der Waals surface area contributed by atoms with E-state index in [4.69, 9.17) is 23.2 Å². The highest BCUT2D eigenvalue weighted by atomic mass is 35.5. The molecule has 0 bridgehead atoms.